The summed E-state index contributed by atoms with van der Waals surface area (Å²) in [6, 6.07) is 24.8. The van der Waals surface area contributed by atoms with Gasteiger partial charge in [-0.1, -0.05) is 54.6 Å². The predicted molar refractivity (Wildman–Crippen MR) is 155 cm³/mol. The number of nitrogens with one attached hydrogen (secondary N) is 3. The summed E-state index contributed by atoms with van der Waals surface area (Å²) in [5.74, 6) is 1.65. The highest BCUT2D eigenvalue weighted by molar-refractivity contribution is 5.90. The average molecular weight is 554 g/mol. The molecule has 0 radical (unpaired) electrons. The van der Waals surface area contributed by atoms with Crippen LogP contribution in [0.3, 0.4) is 0 Å². The molecule has 2 amide bonds. The Morgan fingerprint density at radius 1 is 0.805 bits per heavy atom. The molecule has 4 aromatic rings. The zero-order valence-corrected chi connectivity index (χ0v) is 22.7. The van der Waals surface area contributed by atoms with E-state index in [1.54, 1.807) is 38.6 Å². The molecule has 0 aliphatic carbocycles. The number of hydrogen-bond acceptors (Lipinski definition) is 8. The molecular weight excluding hydrogens is 522 g/mol. The first-order valence-electron chi connectivity index (χ1n) is 13.4. The fourth-order valence-corrected chi connectivity index (χ4v) is 5.18. The Bertz CT molecular complexity index is 1480. The largest absolute Gasteiger partial charge is 0.497 e. The minimum atomic E-state index is -0.371. The van der Waals surface area contributed by atoms with E-state index in [1.807, 2.05) is 24.3 Å². The lowest BCUT2D eigenvalue weighted by molar-refractivity contribution is 0.0683. The Balaban J connectivity index is 1.07. The first-order valence-corrected chi connectivity index (χ1v) is 13.4. The number of carbonyl (C=O) groups excluding carboxylic acids is 1. The summed E-state index contributed by atoms with van der Waals surface area (Å²) in [7, 11) is 3.11. The molecule has 4 atom stereocenters. The van der Waals surface area contributed by atoms with Crippen molar-refractivity contribution in [2.24, 2.45) is 0 Å². The summed E-state index contributed by atoms with van der Waals surface area (Å²) in [6.07, 6.45) is 1.18. The maximum absolute atomic E-state index is 12.8. The highest BCUT2D eigenvalue weighted by Gasteiger charge is 2.48. The quantitative estimate of drug-likeness (QED) is 0.290. The van der Waals surface area contributed by atoms with Crippen molar-refractivity contribution in [3.63, 3.8) is 0 Å². The van der Waals surface area contributed by atoms with Crippen molar-refractivity contribution in [2.45, 2.75) is 24.3 Å². The standard InChI is InChI=1S/C31H31N5O5/c1-38-23-14-22(15-24(16-23)39-2)33-31(37)36-27-18-41-28-26(17-40-29(27)28)35-30-32-13-12-25(34-30)21-10-8-20(9-11-21)19-6-4-3-5-7-19/h3-16,26-29H,17-18H2,1-2H3,(H,32,34,35)(H2,33,36,37)/t26-,27-,28+,29+/m0/s1. The Hall–Kier alpha value is -4.67. The number of anilines is 2. The average Bonchev–Trinajstić information content (AvgIpc) is 3.60. The van der Waals surface area contributed by atoms with Gasteiger partial charge in [-0.05, 0) is 17.2 Å². The van der Waals surface area contributed by atoms with Gasteiger partial charge in [-0.15, -0.1) is 0 Å². The lowest BCUT2D eigenvalue weighted by Gasteiger charge is -2.19. The van der Waals surface area contributed by atoms with E-state index in [0.717, 1.165) is 16.8 Å². The molecule has 2 aliphatic heterocycles. The Kier molecular flexibility index (Phi) is 7.66. The zero-order chi connectivity index (χ0) is 28.2. The van der Waals surface area contributed by atoms with Crippen LogP contribution in [0.1, 0.15) is 0 Å². The van der Waals surface area contributed by atoms with Crippen molar-refractivity contribution in [3.05, 3.63) is 85.1 Å². The molecule has 10 heteroatoms. The molecular formula is C31H31N5O5. The van der Waals surface area contributed by atoms with Crippen molar-refractivity contribution in [1.82, 2.24) is 15.3 Å². The molecule has 3 N–H and O–H groups in total. The summed E-state index contributed by atoms with van der Waals surface area (Å²) < 4.78 is 22.6. The number of methoxy groups -OCH3 is 2. The summed E-state index contributed by atoms with van der Waals surface area (Å²) >= 11 is 0. The van der Waals surface area contributed by atoms with Gasteiger partial charge in [0.25, 0.3) is 0 Å². The SMILES string of the molecule is COc1cc(NC(=O)N[C@H]2CO[C@H]3[C@@H]2OC[C@@H]3Nc2nccc(-c3ccc(-c4ccccc4)cc3)n2)cc(OC)c1. The molecule has 2 fully saturated rings. The van der Waals surface area contributed by atoms with Crippen LogP contribution in [0.25, 0.3) is 22.4 Å². The van der Waals surface area contributed by atoms with Crippen LogP contribution in [-0.2, 0) is 9.47 Å². The third-order valence-electron chi connectivity index (χ3n) is 7.24. The Labute approximate surface area is 238 Å². The van der Waals surface area contributed by atoms with Gasteiger partial charge in [0.15, 0.2) is 0 Å². The van der Waals surface area contributed by atoms with Gasteiger partial charge < -0.3 is 34.9 Å². The molecule has 2 saturated heterocycles. The number of ether oxygens (including phenoxy) is 4. The van der Waals surface area contributed by atoms with E-state index in [0.29, 0.717) is 36.3 Å². The maximum Gasteiger partial charge on any atom is 0.319 e. The second-order valence-corrected chi connectivity index (χ2v) is 9.86. The molecule has 6 rings (SSSR count). The van der Waals surface area contributed by atoms with Crippen LogP contribution in [0, 0.1) is 0 Å². The molecule has 1 aromatic heterocycles. The maximum atomic E-state index is 12.8. The first-order chi connectivity index (χ1) is 20.1. The number of carbonyl (C=O) groups is 1. The molecule has 2 aliphatic rings. The number of rotatable bonds is 8. The smallest absolute Gasteiger partial charge is 0.319 e. The second kappa shape index (κ2) is 11.8. The molecule has 0 spiro atoms. The van der Waals surface area contributed by atoms with Crippen LogP contribution in [0.5, 0.6) is 11.5 Å². The van der Waals surface area contributed by atoms with Crippen molar-refractivity contribution in [2.75, 3.05) is 38.1 Å². The second-order valence-electron chi connectivity index (χ2n) is 9.86. The van der Waals surface area contributed by atoms with Crippen LogP contribution in [0.4, 0.5) is 16.4 Å². The number of amides is 2. The van der Waals surface area contributed by atoms with Crippen molar-refractivity contribution in [1.29, 1.82) is 0 Å². The zero-order valence-electron chi connectivity index (χ0n) is 22.7. The number of aromatic nitrogens is 2. The molecule has 3 heterocycles. The summed E-state index contributed by atoms with van der Waals surface area (Å²) in [4.78, 5) is 21.9. The third-order valence-corrected chi connectivity index (χ3v) is 7.24. The van der Waals surface area contributed by atoms with Crippen LogP contribution in [0.2, 0.25) is 0 Å². The monoisotopic (exact) mass is 553 g/mol. The van der Waals surface area contributed by atoms with E-state index >= 15 is 0 Å². The van der Waals surface area contributed by atoms with E-state index in [4.69, 9.17) is 23.9 Å². The third kappa shape index (κ3) is 5.93. The number of fused-ring (bicyclic) bond motifs is 1. The summed E-state index contributed by atoms with van der Waals surface area (Å²) in [6.45, 7) is 0.735. The van der Waals surface area contributed by atoms with E-state index in [2.05, 4.69) is 57.3 Å². The van der Waals surface area contributed by atoms with E-state index < -0.39 is 0 Å². The minimum absolute atomic E-state index is 0.159. The van der Waals surface area contributed by atoms with Gasteiger partial charge in [-0.25, -0.2) is 14.8 Å². The molecule has 3 aromatic carbocycles. The van der Waals surface area contributed by atoms with Crippen LogP contribution < -0.4 is 25.4 Å². The van der Waals surface area contributed by atoms with Gasteiger partial charge in [-0.3, -0.25) is 0 Å². The van der Waals surface area contributed by atoms with Crippen molar-refractivity contribution in [3.8, 4) is 33.9 Å². The van der Waals surface area contributed by atoms with Gasteiger partial charge in [-0.2, -0.15) is 0 Å². The molecule has 41 heavy (non-hydrogen) atoms. The lowest BCUT2D eigenvalue weighted by atomic mass is 10.0. The van der Waals surface area contributed by atoms with E-state index in [9.17, 15) is 4.79 Å². The highest BCUT2D eigenvalue weighted by Crippen LogP contribution is 2.30. The van der Waals surface area contributed by atoms with Gasteiger partial charge in [0, 0.05) is 35.6 Å². The van der Waals surface area contributed by atoms with Gasteiger partial charge in [0.05, 0.1) is 45.2 Å². The van der Waals surface area contributed by atoms with Gasteiger partial charge in [0.1, 0.15) is 23.7 Å². The number of urea groups is 1. The topological polar surface area (TPSA) is 116 Å². The fraction of sp³-hybridized carbons (Fsp3) is 0.258. The minimum Gasteiger partial charge on any atom is -0.497 e. The van der Waals surface area contributed by atoms with Crippen molar-refractivity contribution < 1.29 is 23.7 Å². The van der Waals surface area contributed by atoms with Crippen molar-refractivity contribution >= 4 is 17.7 Å². The first kappa shape index (κ1) is 26.5. The van der Waals surface area contributed by atoms with Crippen LogP contribution in [0.15, 0.2) is 85.1 Å². The Morgan fingerprint density at radius 2 is 1.44 bits per heavy atom. The summed E-state index contributed by atoms with van der Waals surface area (Å²) in [5.41, 5.74) is 4.68. The number of nitrogens with zero attached hydrogens (tertiary/aromatic N) is 2. The van der Waals surface area contributed by atoms with Crippen LogP contribution >= 0.6 is 0 Å². The van der Waals surface area contributed by atoms with Gasteiger partial charge in [0.2, 0.25) is 5.95 Å². The summed E-state index contributed by atoms with van der Waals surface area (Å²) in [5, 5.41) is 9.16. The van der Waals surface area contributed by atoms with E-state index in [1.165, 1.54) is 5.56 Å². The normalized spacial score (nSPS) is 21.1. The van der Waals surface area contributed by atoms with Crippen LogP contribution in [-0.4, -0.2) is 67.7 Å². The highest BCUT2D eigenvalue weighted by atomic mass is 16.6. The number of hydrogen-bond donors (Lipinski definition) is 3. The fourth-order valence-electron chi connectivity index (χ4n) is 5.18. The lowest BCUT2D eigenvalue weighted by Crippen LogP contribution is -2.46. The molecule has 210 valence electrons. The van der Waals surface area contributed by atoms with Gasteiger partial charge >= 0.3 is 6.03 Å². The molecule has 0 unspecified atom stereocenters. The molecule has 0 saturated carbocycles. The molecule has 10 nitrogen and oxygen atoms in total. The predicted octanol–water partition coefficient (Wildman–Crippen LogP) is 4.60. The molecule has 0 bridgehead atoms. The Morgan fingerprint density at radius 3 is 2.15 bits per heavy atom. The van der Waals surface area contributed by atoms with E-state index in [-0.39, 0.29) is 30.3 Å². The number of benzene rings is 3.